The zero-order valence-electron chi connectivity index (χ0n) is 51.2. The van der Waals surface area contributed by atoms with E-state index in [0.717, 1.165) is 74.4 Å². The normalized spacial score (nSPS) is 12.2. The Kier molecular flexibility index (Phi) is 36.1. The number of carbonyl (C=O) groups is 4. The molecule has 6 aromatic heterocycles. The third-order valence-electron chi connectivity index (χ3n) is 12.5. The zero-order valence-corrected chi connectivity index (χ0v) is 57.5. The molecule has 0 radical (unpaired) electrons. The number of methoxy groups -OCH3 is 2. The number of nitrogens with two attached hydrogens (primary N) is 2. The fourth-order valence-electron chi connectivity index (χ4n) is 8.32. The number of thiophene rings is 4. The summed E-state index contributed by atoms with van der Waals surface area (Å²) in [4.78, 5) is 81.5. The molecule has 22 nitrogen and oxygen atoms in total. The summed E-state index contributed by atoms with van der Waals surface area (Å²) >= 11 is 26.4. The molecule has 0 unspecified atom stereocenters. The maximum atomic E-state index is 13.3. The number of benzene rings is 3. The predicted molar refractivity (Wildman–Crippen MR) is 382 cm³/mol. The number of esters is 2. The van der Waals surface area contributed by atoms with Crippen LogP contribution in [0.4, 0.5) is 15.7 Å². The summed E-state index contributed by atoms with van der Waals surface area (Å²) in [5.41, 5.74) is 13.8. The van der Waals surface area contributed by atoms with Gasteiger partial charge >= 0.3 is 11.9 Å². The lowest BCUT2D eigenvalue weighted by molar-refractivity contribution is -0.114. The maximum Gasteiger partial charge on any atom is 0.340 e. The second-order valence-electron chi connectivity index (χ2n) is 18.6. The zero-order chi connectivity index (χ0) is 66.8. The highest BCUT2D eigenvalue weighted by molar-refractivity contribution is 7.17. The topological polar surface area (TPSA) is 288 Å². The first-order valence-electron chi connectivity index (χ1n) is 28.6. The van der Waals surface area contributed by atoms with Crippen LogP contribution in [0.2, 0.25) is 0 Å². The van der Waals surface area contributed by atoms with Crippen molar-refractivity contribution in [1.82, 2.24) is 40.0 Å². The lowest BCUT2D eigenvalue weighted by Gasteiger charge is -2.27. The van der Waals surface area contributed by atoms with Crippen LogP contribution in [-0.2, 0) is 31.5 Å². The number of anilines is 3. The highest BCUT2D eigenvalue weighted by Gasteiger charge is 2.21. The first-order chi connectivity index (χ1) is 44.6. The van der Waals surface area contributed by atoms with E-state index in [4.69, 9.17) is 77.1 Å². The van der Waals surface area contributed by atoms with Crippen molar-refractivity contribution in [2.45, 2.75) is 40.6 Å². The molecule has 0 spiro atoms. The van der Waals surface area contributed by atoms with Gasteiger partial charge < -0.3 is 56.4 Å². The molecule has 0 saturated carbocycles. The van der Waals surface area contributed by atoms with Gasteiger partial charge in [-0.3, -0.25) is 33.2 Å². The van der Waals surface area contributed by atoms with Crippen LogP contribution < -0.4 is 58.1 Å². The quantitative estimate of drug-likeness (QED) is 0.0227. The molecule has 3 aromatic carbocycles. The van der Waals surface area contributed by atoms with Gasteiger partial charge in [0.15, 0.2) is 0 Å². The highest BCUT2D eigenvalue weighted by Crippen LogP contribution is 2.28. The fourth-order valence-corrected chi connectivity index (χ4v) is 11.5. The number of hydrogen-bond acceptors (Lipinski definition) is 23. The number of nitrogens with zero attached hydrogens (tertiary/aromatic N) is 5. The number of rotatable bonds is 16. The van der Waals surface area contributed by atoms with Crippen LogP contribution in [0.25, 0.3) is 31.8 Å². The Bertz CT molecular complexity index is 3860. The van der Waals surface area contributed by atoms with Gasteiger partial charge in [-0.05, 0) is 115 Å². The lowest BCUT2D eigenvalue weighted by Crippen LogP contribution is -2.43. The molecule has 8 N–H and O–H groups in total. The molecule has 9 aromatic rings. The van der Waals surface area contributed by atoms with Crippen LogP contribution in [0, 0.1) is 0 Å². The standard InChI is InChI=1S/C19H22N4O2S.C15H13ClN2O2S.C8H8ClNO3S.C8H11NO.C6H7NO2S.C4H10N2.C2H2Cl2O.CH4/c1-2-25-16-6-4-3-5-15(16)23-17(13-22-10-8-20-9-11-22)21-18-14(19(23)24)7-12-26-18;1-2-20-12-6-4-3-5-11(12)18-13(9-16)17-14-10(15(18)19)7-8-21-14;1-13-8(12)5-2-3-14-7(5)10-6(11)4-9;1-2-10-8-6-4-3-5-7(8)9;1-9-6(8)4-2-3-10-5(4)7;1-2-6-4-3-5-1;3-1-2(4)5;/h3-7,12,20H,2,8-11,13H2,1H3;3-8H,2,9H2,1H3;2-3H,4H2,1H3,(H,10,11);3-6H,2,9H2,1H3;2-3H,7H2,1H3;5-6H,1-4H2;1H2;1H4. The van der Waals surface area contributed by atoms with Crippen LogP contribution in [0.15, 0.2) is 128 Å². The molecule has 93 heavy (non-hydrogen) atoms. The summed E-state index contributed by atoms with van der Waals surface area (Å²) in [6.07, 6.45) is 0. The van der Waals surface area contributed by atoms with Crippen LogP contribution in [0.3, 0.4) is 0 Å². The largest absolute Gasteiger partial charge is 0.492 e. The van der Waals surface area contributed by atoms with Crippen LogP contribution in [0.5, 0.6) is 17.2 Å². The number of aromatic nitrogens is 4. The summed E-state index contributed by atoms with van der Waals surface area (Å²) in [6, 6.07) is 29.4. The van der Waals surface area contributed by atoms with Gasteiger partial charge in [-0.1, -0.05) is 43.8 Å². The van der Waals surface area contributed by atoms with Crippen molar-refractivity contribution in [2.24, 2.45) is 0 Å². The number of amides is 1. The van der Waals surface area contributed by atoms with Gasteiger partial charge in [0.1, 0.15) is 54.4 Å². The van der Waals surface area contributed by atoms with Crippen molar-refractivity contribution in [3.05, 3.63) is 162 Å². The average Bonchev–Trinajstić information content (AvgIpc) is 1.78. The van der Waals surface area contributed by atoms with Crippen molar-refractivity contribution >= 4 is 151 Å². The number of nitrogen functional groups attached to an aromatic ring is 2. The Labute approximate surface area is 576 Å². The number of para-hydroxylation sites is 6. The molecule has 0 atom stereocenters. The molecule has 8 heterocycles. The lowest BCUT2D eigenvalue weighted by atomic mass is 10.2. The predicted octanol–water partition coefficient (Wildman–Crippen LogP) is 11.1. The van der Waals surface area contributed by atoms with Crippen LogP contribution >= 0.6 is 91.8 Å². The summed E-state index contributed by atoms with van der Waals surface area (Å²) in [5, 5.41) is 21.2. The minimum Gasteiger partial charge on any atom is -0.492 e. The van der Waals surface area contributed by atoms with E-state index in [-0.39, 0.29) is 48.1 Å². The Hall–Kier alpha value is -7.18. The maximum absolute atomic E-state index is 13.3. The molecule has 11 rings (SSSR count). The Morgan fingerprint density at radius 3 is 1.45 bits per heavy atom. The Balaban J connectivity index is 0.000000247. The summed E-state index contributed by atoms with van der Waals surface area (Å²) < 4.78 is 28.9. The minimum absolute atomic E-state index is 0. The minimum atomic E-state index is -0.508. The van der Waals surface area contributed by atoms with E-state index in [2.05, 4.69) is 40.6 Å². The van der Waals surface area contributed by atoms with E-state index in [1.165, 1.54) is 64.1 Å². The number of carbonyl (C=O) groups excluding carboxylic acids is 4. The number of nitrogens with one attached hydrogen (secondary N) is 4. The van der Waals surface area contributed by atoms with Gasteiger partial charge in [0.25, 0.3) is 11.1 Å². The smallest absolute Gasteiger partial charge is 0.340 e. The highest BCUT2D eigenvalue weighted by atomic mass is 35.5. The Morgan fingerprint density at radius 1 is 0.570 bits per heavy atom. The molecule has 0 aliphatic carbocycles. The monoisotopic (exact) mass is 1430 g/mol. The van der Waals surface area contributed by atoms with Crippen molar-refractivity contribution < 1.29 is 42.9 Å². The number of hydrogen-bond donors (Lipinski definition) is 6. The SMILES string of the molecule is C.C1CNCCN1.CCOc1ccccc1-n1c(CCl)nc2sccc2c1=O.CCOc1ccccc1-n1c(CN2CCNCC2)nc2sccc2c1=O.CCOc1ccccc1N.COC(=O)c1ccsc1N.COC(=O)c1ccsc1NC(=O)CCl.O=C(Cl)CCl. The van der Waals surface area contributed by atoms with E-state index in [9.17, 15) is 28.8 Å². The Morgan fingerprint density at radius 2 is 1.00 bits per heavy atom. The molecule has 2 aliphatic rings. The fraction of sp³-hybridized carbons (Fsp3) is 0.333. The number of halogens is 4. The van der Waals surface area contributed by atoms with Crippen molar-refractivity contribution in [3.63, 3.8) is 0 Å². The molecule has 2 fully saturated rings. The average molecular weight is 1430 g/mol. The van der Waals surface area contributed by atoms with E-state index in [0.29, 0.717) is 91.8 Å². The van der Waals surface area contributed by atoms with Gasteiger partial charge in [0, 0.05) is 52.4 Å². The third kappa shape index (κ3) is 24.3. The van der Waals surface area contributed by atoms with Crippen LogP contribution in [-0.4, -0.2) is 145 Å². The molecular formula is C63H77Cl4N11O11S4. The molecule has 30 heteroatoms. The van der Waals surface area contributed by atoms with E-state index < -0.39 is 11.2 Å². The first-order valence-corrected chi connectivity index (χ1v) is 34.1. The van der Waals surface area contributed by atoms with Gasteiger partial charge in [-0.2, -0.15) is 0 Å². The van der Waals surface area contributed by atoms with Crippen molar-refractivity contribution in [1.29, 1.82) is 0 Å². The van der Waals surface area contributed by atoms with E-state index >= 15 is 0 Å². The molecule has 1 amide bonds. The molecule has 2 saturated heterocycles. The second-order valence-corrected chi connectivity index (χ2v) is 23.4. The first kappa shape index (κ1) is 78.3. The number of alkyl halides is 3. The third-order valence-corrected chi connectivity index (χ3v) is 16.7. The van der Waals surface area contributed by atoms with Crippen LogP contribution in [0.1, 0.15) is 60.6 Å². The van der Waals surface area contributed by atoms with E-state index in [1.54, 1.807) is 33.5 Å². The van der Waals surface area contributed by atoms with E-state index in [1.807, 2.05) is 110 Å². The number of ether oxygens (including phenoxy) is 5. The summed E-state index contributed by atoms with van der Waals surface area (Å²) in [5.74, 6) is 2.12. The van der Waals surface area contributed by atoms with Crippen molar-refractivity contribution in [3.8, 4) is 28.6 Å². The molecule has 2 aliphatic heterocycles. The number of fused-ring (bicyclic) bond motifs is 2. The molecule has 0 bridgehead atoms. The molecule has 502 valence electrons. The van der Waals surface area contributed by atoms with Crippen molar-refractivity contribution in [2.75, 3.05) is 115 Å². The summed E-state index contributed by atoms with van der Waals surface area (Å²) in [7, 11) is 2.62. The molecular weight excluding hydrogens is 1360 g/mol. The van der Waals surface area contributed by atoms with Gasteiger partial charge in [-0.15, -0.1) is 80.1 Å². The van der Waals surface area contributed by atoms with Gasteiger partial charge in [0.2, 0.25) is 11.1 Å². The second kappa shape index (κ2) is 42.9. The van der Waals surface area contributed by atoms with Gasteiger partial charge in [0.05, 0.1) is 91.3 Å². The van der Waals surface area contributed by atoms with Gasteiger partial charge in [-0.25, -0.2) is 19.6 Å². The number of piperazine rings is 2. The summed E-state index contributed by atoms with van der Waals surface area (Å²) in [6.45, 7) is 16.5.